The zero-order valence-electron chi connectivity index (χ0n) is 13.3. The largest absolute Gasteiger partial charge is 0.481 e. The molecule has 5 heteroatoms. The maximum absolute atomic E-state index is 12.3. The van der Waals surface area contributed by atoms with E-state index in [1.165, 1.54) is 0 Å². The van der Waals surface area contributed by atoms with Gasteiger partial charge in [-0.25, -0.2) is 0 Å². The molecule has 5 nitrogen and oxygen atoms in total. The summed E-state index contributed by atoms with van der Waals surface area (Å²) in [6.07, 6.45) is 5.96. The number of carbonyl (C=O) groups excluding carboxylic acids is 1. The second-order valence-electron chi connectivity index (χ2n) is 6.75. The summed E-state index contributed by atoms with van der Waals surface area (Å²) in [6.45, 7) is 4.57. The molecule has 0 heterocycles. The van der Waals surface area contributed by atoms with Gasteiger partial charge in [0.2, 0.25) is 5.91 Å². The van der Waals surface area contributed by atoms with E-state index in [1.54, 1.807) is 0 Å². The lowest BCUT2D eigenvalue weighted by Gasteiger charge is -2.23. The summed E-state index contributed by atoms with van der Waals surface area (Å²) >= 11 is 0. The maximum atomic E-state index is 12.3. The third-order valence-corrected chi connectivity index (χ3v) is 4.24. The molecule has 4 N–H and O–H groups in total. The minimum absolute atomic E-state index is 0.00328. The van der Waals surface area contributed by atoms with Crippen LogP contribution in [0.2, 0.25) is 0 Å². The number of aliphatic carboxylic acids is 1. The van der Waals surface area contributed by atoms with E-state index in [9.17, 15) is 9.59 Å². The number of amides is 1. The molecular formula is C16H30N2O3. The van der Waals surface area contributed by atoms with Crippen LogP contribution >= 0.6 is 0 Å². The Morgan fingerprint density at radius 2 is 1.90 bits per heavy atom. The number of carboxylic acid groups (broad SMARTS) is 1. The Morgan fingerprint density at radius 3 is 2.52 bits per heavy atom. The fraction of sp³-hybridized carbons (Fsp3) is 0.875. The monoisotopic (exact) mass is 298 g/mol. The highest BCUT2D eigenvalue weighted by atomic mass is 16.4. The van der Waals surface area contributed by atoms with Gasteiger partial charge >= 0.3 is 5.97 Å². The van der Waals surface area contributed by atoms with Crippen molar-refractivity contribution in [2.24, 2.45) is 23.5 Å². The zero-order chi connectivity index (χ0) is 15.8. The second-order valence-corrected chi connectivity index (χ2v) is 6.75. The first kappa shape index (κ1) is 18.0. The van der Waals surface area contributed by atoms with Gasteiger partial charge in [-0.2, -0.15) is 0 Å². The van der Waals surface area contributed by atoms with Gasteiger partial charge in [-0.1, -0.05) is 33.1 Å². The number of carboxylic acids is 1. The molecule has 0 spiro atoms. The average molecular weight is 298 g/mol. The van der Waals surface area contributed by atoms with Crippen LogP contribution in [0.4, 0.5) is 0 Å². The van der Waals surface area contributed by atoms with Crippen LogP contribution in [0.1, 0.15) is 58.8 Å². The number of nitrogens with two attached hydrogens (primary N) is 1. The van der Waals surface area contributed by atoms with Crippen LogP contribution in [-0.2, 0) is 9.59 Å². The highest BCUT2D eigenvalue weighted by Gasteiger charge is 2.27. The van der Waals surface area contributed by atoms with Gasteiger partial charge in [-0.05, 0) is 31.1 Å². The van der Waals surface area contributed by atoms with E-state index in [0.29, 0.717) is 12.5 Å². The molecule has 1 aliphatic carbocycles. The zero-order valence-corrected chi connectivity index (χ0v) is 13.3. The summed E-state index contributed by atoms with van der Waals surface area (Å²) in [7, 11) is 0. The first-order valence-corrected chi connectivity index (χ1v) is 8.15. The average Bonchev–Trinajstić information content (AvgIpc) is 2.59. The molecule has 0 aromatic heterocycles. The lowest BCUT2D eigenvalue weighted by molar-refractivity contribution is -0.138. The fourth-order valence-corrected chi connectivity index (χ4v) is 3.19. The van der Waals surface area contributed by atoms with E-state index in [-0.39, 0.29) is 30.2 Å². The van der Waals surface area contributed by atoms with Crippen molar-refractivity contribution in [2.45, 2.75) is 64.8 Å². The minimum atomic E-state index is -0.805. The number of hydrogen-bond donors (Lipinski definition) is 3. The molecule has 0 aromatic carbocycles. The first-order valence-electron chi connectivity index (χ1n) is 8.15. The smallest absolute Gasteiger partial charge is 0.303 e. The SMILES string of the molecule is CC(C)CC(CNC(=O)C1CCCCCC1N)CC(=O)O. The Bertz CT molecular complexity index is 344. The van der Waals surface area contributed by atoms with Gasteiger partial charge < -0.3 is 16.2 Å². The highest BCUT2D eigenvalue weighted by Crippen LogP contribution is 2.22. The van der Waals surface area contributed by atoms with Crippen LogP contribution in [0.15, 0.2) is 0 Å². The van der Waals surface area contributed by atoms with Gasteiger partial charge in [-0.3, -0.25) is 9.59 Å². The molecule has 122 valence electrons. The molecule has 1 amide bonds. The molecule has 1 saturated carbocycles. The van der Waals surface area contributed by atoms with Crippen molar-refractivity contribution < 1.29 is 14.7 Å². The van der Waals surface area contributed by atoms with Crippen LogP contribution in [-0.4, -0.2) is 29.6 Å². The summed E-state index contributed by atoms with van der Waals surface area (Å²) in [4.78, 5) is 23.2. The van der Waals surface area contributed by atoms with Crippen molar-refractivity contribution in [1.82, 2.24) is 5.32 Å². The van der Waals surface area contributed by atoms with Crippen LogP contribution in [0.25, 0.3) is 0 Å². The predicted molar refractivity (Wildman–Crippen MR) is 82.8 cm³/mol. The summed E-state index contributed by atoms with van der Waals surface area (Å²) in [5.74, 6) is -0.499. The molecule has 3 atom stereocenters. The molecule has 1 fully saturated rings. The van der Waals surface area contributed by atoms with Crippen LogP contribution in [0.5, 0.6) is 0 Å². The van der Waals surface area contributed by atoms with Crippen LogP contribution in [0, 0.1) is 17.8 Å². The third-order valence-electron chi connectivity index (χ3n) is 4.24. The Hall–Kier alpha value is -1.10. The highest BCUT2D eigenvalue weighted by molar-refractivity contribution is 5.79. The summed E-state index contributed by atoms with van der Waals surface area (Å²) in [6, 6.07) is -0.0597. The van der Waals surface area contributed by atoms with Gasteiger partial charge in [0, 0.05) is 19.0 Å². The van der Waals surface area contributed by atoms with Crippen molar-refractivity contribution in [3.05, 3.63) is 0 Å². The molecule has 0 aromatic rings. The topological polar surface area (TPSA) is 92.4 Å². The van der Waals surface area contributed by atoms with Crippen molar-refractivity contribution in [2.75, 3.05) is 6.54 Å². The molecule has 0 aliphatic heterocycles. The number of carbonyl (C=O) groups is 2. The number of rotatable bonds is 7. The quantitative estimate of drug-likeness (QED) is 0.628. The third kappa shape index (κ3) is 6.93. The predicted octanol–water partition coefficient (Wildman–Crippen LogP) is 2.15. The van der Waals surface area contributed by atoms with Crippen molar-refractivity contribution in [3.8, 4) is 0 Å². The molecule has 3 unspecified atom stereocenters. The lowest BCUT2D eigenvalue weighted by atomic mass is 9.92. The summed E-state index contributed by atoms with van der Waals surface area (Å²) < 4.78 is 0. The molecular weight excluding hydrogens is 268 g/mol. The van der Waals surface area contributed by atoms with Crippen molar-refractivity contribution in [1.29, 1.82) is 0 Å². The number of nitrogens with one attached hydrogen (secondary N) is 1. The van der Waals surface area contributed by atoms with E-state index in [4.69, 9.17) is 10.8 Å². The number of hydrogen-bond acceptors (Lipinski definition) is 3. The van der Waals surface area contributed by atoms with E-state index in [0.717, 1.165) is 38.5 Å². The molecule has 0 saturated heterocycles. The van der Waals surface area contributed by atoms with Crippen LogP contribution in [0.3, 0.4) is 0 Å². The second kappa shape index (κ2) is 9.03. The lowest BCUT2D eigenvalue weighted by Crippen LogP contribution is -2.43. The van der Waals surface area contributed by atoms with Gasteiger partial charge in [0.05, 0.1) is 5.92 Å². The summed E-state index contributed by atoms with van der Waals surface area (Å²) in [5, 5.41) is 11.9. The maximum Gasteiger partial charge on any atom is 0.303 e. The fourth-order valence-electron chi connectivity index (χ4n) is 3.19. The van der Waals surface area contributed by atoms with Crippen molar-refractivity contribution >= 4 is 11.9 Å². The van der Waals surface area contributed by atoms with Gasteiger partial charge in [0.15, 0.2) is 0 Å². The Kier molecular flexibility index (Phi) is 7.72. The Morgan fingerprint density at radius 1 is 1.24 bits per heavy atom. The minimum Gasteiger partial charge on any atom is -0.481 e. The first-order chi connectivity index (χ1) is 9.90. The molecule has 0 radical (unpaired) electrons. The molecule has 1 aliphatic rings. The van der Waals surface area contributed by atoms with Gasteiger partial charge in [-0.15, -0.1) is 0 Å². The normalized spacial score (nSPS) is 24.4. The van der Waals surface area contributed by atoms with Crippen molar-refractivity contribution in [3.63, 3.8) is 0 Å². The van der Waals surface area contributed by atoms with Gasteiger partial charge in [0.1, 0.15) is 0 Å². The Balaban J connectivity index is 2.48. The van der Waals surface area contributed by atoms with Gasteiger partial charge in [0.25, 0.3) is 0 Å². The van der Waals surface area contributed by atoms with Crippen LogP contribution < -0.4 is 11.1 Å². The molecule has 0 bridgehead atoms. The summed E-state index contributed by atoms with van der Waals surface area (Å²) in [5.41, 5.74) is 6.09. The Labute approximate surface area is 127 Å². The standard InChI is InChI=1S/C16H30N2O3/c1-11(2)8-12(9-15(19)20)10-18-16(21)13-6-4-3-5-7-14(13)17/h11-14H,3-10,17H2,1-2H3,(H,18,21)(H,19,20). The molecule has 21 heavy (non-hydrogen) atoms. The van der Waals surface area contributed by atoms with E-state index in [2.05, 4.69) is 19.2 Å². The van der Waals surface area contributed by atoms with E-state index < -0.39 is 5.97 Å². The van der Waals surface area contributed by atoms with E-state index >= 15 is 0 Å². The van der Waals surface area contributed by atoms with E-state index in [1.807, 2.05) is 0 Å². The molecule has 1 rings (SSSR count).